The molecule has 0 aliphatic rings. The average molecular weight is 429 g/mol. The lowest BCUT2D eigenvalue weighted by molar-refractivity contribution is -0.120. The standard InChI is InChI=1S/C21H24Cl3NO2/c1-3-4-13-27-20(15-9-11-16(22)12-10-15)19(24)14(2)21(26)25-18-8-6-5-7-17(18)23/h5-12,14,19-20H,3-4,13H2,1-2H3,(H,25,26). The number of carbonyl (C=O) groups excluding carboxylic acids is 1. The minimum atomic E-state index is -0.550. The molecule has 1 amide bonds. The largest absolute Gasteiger partial charge is 0.372 e. The second-order valence-electron chi connectivity index (χ2n) is 6.40. The maximum Gasteiger partial charge on any atom is 0.228 e. The Morgan fingerprint density at radius 2 is 1.78 bits per heavy atom. The van der Waals surface area contributed by atoms with Gasteiger partial charge in [-0.3, -0.25) is 4.79 Å². The van der Waals surface area contributed by atoms with Crippen LogP contribution >= 0.6 is 34.8 Å². The van der Waals surface area contributed by atoms with Crippen LogP contribution in [-0.4, -0.2) is 17.9 Å². The van der Waals surface area contributed by atoms with Gasteiger partial charge in [-0.05, 0) is 36.2 Å². The van der Waals surface area contributed by atoms with Gasteiger partial charge in [0.2, 0.25) is 5.91 Å². The van der Waals surface area contributed by atoms with E-state index in [0.29, 0.717) is 22.3 Å². The fourth-order valence-electron chi connectivity index (χ4n) is 2.60. The predicted molar refractivity (Wildman–Crippen MR) is 114 cm³/mol. The molecule has 0 saturated carbocycles. The van der Waals surface area contributed by atoms with E-state index in [0.717, 1.165) is 18.4 Å². The van der Waals surface area contributed by atoms with E-state index in [1.165, 1.54) is 0 Å². The van der Waals surface area contributed by atoms with Gasteiger partial charge in [0.1, 0.15) is 0 Å². The lowest BCUT2D eigenvalue weighted by Crippen LogP contribution is -2.32. The van der Waals surface area contributed by atoms with Crippen LogP contribution in [0.4, 0.5) is 5.69 Å². The molecule has 0 saturated heterocycles. The lowest BCUT2D eigenvalue weighted by Gasteiger charge is -2.27. The van der Waals surface area contributed by atoms with Crippen LogP contribution in [0.15, 0.2) is 48.5 Å². The number of rotatable bonds is 9. The Kier molecular flexibility index (Phi) is 8.91. The smallest absolute Gasteiger partial charge is 0.228 e. The van der Waals surface area contributed by atoms with Gasteiger partial charge in [-0.25, -0.2) is 0 Å². The topological polar surface area (TPSA) is 38.3 Å². The van der Waals surface area contributed by atoms with Crippen LogP contribution in [-0.2, 0) is 9.53 Å². The molecular formula is C21H24Cl3NO2. The second kappa shape index (κ2) is 10.9. The molecule has 2 rings (SSSR count). The Bertz CT molecular complexity index is 736. The fraction of sp³-hybridized carbons (Fsp3) is 0.381. The fourth-order valence-corrected chi connectivity index (χ4v) is 3.24. The van der Waals surface area contributed by atoms with Crippen molar-refractivity contribution in [3.63, 3.8) is 0 Å². The summed E-state index contributed by atoms with van der Waals surface area (Å²) in [6, 6.07) is 14.5. The van der Waals surface area contributed by atoms with Gasteiger partial charge in [0.15, 0.2) is 0 Å². The Morgan fingerprint density at radius 1 is 1.11 bits per heavy atom. The zero-order chi connectivity index (χ0) is 19.8. The van der Waals surface area contributed by atoms with Crippen LogP contribution in [0, 0.1) is 5.92 Å². The molecule has 2 aromatic carbocycles. The molecule has 0 aliphatic heterocycles. The van der Waals surface area contributed by atoms with Crippen molar-refractivity contribution >= 4 is 46.4 Å². The van der Waals surface area contributed by atoms with Crippen molar-refractivity contribution in [1.29, 1.82) is 0 Å². The third-order valence-electron chi connectivity index (χ3n) is 4.31. The first-order valence-electron chi connectivity index (χ1n) is 9.00. The molecule has 2 aromatic rings. The van der Waals surface area contributed by atoms with E-state index >= 15 is 0 Å². The van der Waals surface area contributed by atoms with E-state index in [-0.39, 0.29) is 5.91 Å². The summed E-state index contributed by atoms with van der Waals surface area (Å²) in [6.45, 7) is 4.46. The summed E-state index contributed by atoms with van der Waals surface area (Å²) in [5.41, 5.74) is 1.46. The molecule has 0 spiro atoms. The number of para-hydroxylation sites is 1. The number of anilines is 1. The number of nitrogens with one attached hydrogen (secondary N) is 1. The lowest BCUT2D eigenvalue weighted by atomic mass is 9.96. The molecule has 146 valence electrons. The minimum Gasteiger partial charge on any atom is -0.372 e. The number of hydrogen-bond donors (Lipinski definition) is 1. The van der Waals surface area contributed by atoms with Gasteiger partial charge in [-0.15, -0.1) is 11.6 Å². The molecule has 3 atom stereocenters. The quantitative estimate of drug-likeness (QED) is 0.355. The number of hydrogen-bond acceptors (Lipinski definition) is 2. The molecule has 6 heteroatoms. The van der Waals surface area contributed by atoms with Crippen molar-refractivity contribution in [2.45, 2.75) is 38.2 Å². The molecule has 1 N–H and O–H groups in total. The highest BCUT2D eigenvalue weighted by molar-refractivity contribution is 6.33. The third-order valence-corrected chi connectivity index (χ3v) is 5.49. The molecule has 0 heterocycles. The van der Waals surface area contributed by atoms with Crippen LogP contribution < -0.4 is 5.32 Å². The van der Waals surface area contributed by atoms with Crippen molar-refractivity contribution in [3.05, 3.63) is 64.1 Å². The maximum atomic E-state index is 12.7. The molecule has 0 aromatic heterocycles. The van der Waals surface area contributed by atoms with Gasteiger partial charge < -0.3 is 10.1 Å². The van der Waals surface area contributed by atoms with Crippen LogP contribution in [0.1, 0.15) is 38.4 Å². The summed E-state index contributed by atoms with van der Waals surface area (Å²) in [5.74, 6) is -0.702. The number of halogens is 3. The number of amides is 1. The SMILES string of the molecule is CCCCOC(c1ccc(Cl)cc1)C(Cl)C(C)C(=O)Nc1ccccc1Cl. The van der Waals surface area contributed by atoms with Crippen LogP contribution in [0.25, 0.3) is 0 Å². The van der Waals surface area contributed by atoms with Gasteiger partial charge in [0, 0.05) is 11.6 Å². The number of alkyl halides is 1. The summed E-state index contributed by atoms with van der Waals surface area (Å²) in [5, 5.41) is 3.42. The van der Waals surface area contributed by atoms with E-state index in [4.69, 9.17) is 39.5 Å². The van der Waals surface area contributed by atoms with Crippen molar-refractivity contribution in [1.82, 2.24) is 0 Å². The van der Waals surface area contributed by atoms with Crippen LogP contribution in [0.3, 0.4) is 0 Å². The molecule has 0 radical (unpaired) electrons. The number of benzene rings is 2. The van der Waals surface area contributed by atoms with E-state index in [1.807, 2.05) is 24.3 Å². The van der Waals surface area contributed by atoms with Gasteiger partial charge in [0.05, 0.1) is 28.1 Å². The summed E-state index contributed by atoms with van der Waals surface area (Å²) in [7, 11) is 0. The Labute approximate surface area is 176 Å². The molecule has 27 heavy (non-hydrogen) atoms. The van der Waals surface area contributed by atoms with Crippen LogP contribution in [0.5, 0.6) is 0 Å². The highest BCUT2D eigenvalue weighted by atomic mass is 35.5. The predicted octanol–water partition coefficient (Wildman–Crippen LogP) is 6.73. The number of ether oxygens (including phenoxy) is 1. The summed E-state index contributed by atoms with van der Waals surface area (Å²) in [6.07, 6.45) is 1.53. The number of carbonyl (C=O) groups is 1. The highest BCUT2D eigenvalue weighted by Gasteiger charge is 2.31. The Morgan fingerprint density at radius 3 is 2.41 bits per heavy atom. The minimum absolute atomic E-state index is 0.207. The summed E-state index contributed by atoms with van der Waals surface area (Å²) < 4.78 is 6.03. The van der Waals surface area contributed by atoms with Gasteiger partial charge >= 0.3 is 0 Å². The molecular weight excluding hydrogens is 405 g/mol. The van der Waals surface area contributed by atoms with Gasteiger partial charge in [0.25, 0.3) is 0 Å². The van der Waals surface area contributed by atoms with Gasteiger partial charge in [-0.2, -0.15) is 0 Å². The van der Waals surface area contributed by atoms with Crippen molar-refractivity contribution in [3.8, 4) is 0 Å². The Hall–Kier alpha value is -1.26. The zero-order valence-electron chi connectivity index (χ0n) is 15.4. The van der Waals surface area contributed by atoms with Crippen LogP contribution in [0.2, 0.25) is 10.0 Å². The molecule has 3 unspecified atom stereocenters. The first-order chi connectivity index (χ1) is 12.9. The van der Waals surface area contributed by atoms with E-state index in [1.54, 1.807) is 31.2 Å². The average Bonchev–Trinajstić information content (AvgIpc) is 2.67. The zero-order valence-corrected chi connectivity index (χ0v) is 17.7. The molecule has 0 fully saturated rings. The first-order valence-corrected chi connectivity index (χ1v) is 10.2. The van der Waals surface area contributed by atoms with Crippen molar-refractivity contribution in [2.75, 3.05) is 11.9 Å². The highest BCUT2D eigenvalue weighted by Crippen LogP contribution is 2.32. The van der Waals surface area contributed by atoms with E-state index in [9.17, 15) is 4.79 Å². The first kappa shape index (κ1) is 22.0. The van der Waals surface area contributed by atoms with Gasteiger partial charge in [-0.1, -0.05) is 67.7 Å². The Balaban J connectivity index is 2.14. The molecule has 3 nitrogen and oxygen atoms in total. The van der Waals surface area contributed by atoms with E-state index in [2.05, 4.69) is 12.2 Å². The molecule has 0 aliphatic carbocycles. The monoisotopic (exact) mass is 427 g/mol. The normalized spacial score (nSPS) is 14.4. The third kappa shape index (κ3) is 6.39. The maximum absolute atomic E-state index is 12.7. The number of unbranched alkanes of at least 4 members (excludes halogenated alkanes) is 1. The van der Waals surface area contributed by atoms with E-state index < -0.39 is 17.4 Å². The summed E-state index contributed by atoms with van der Waals surface area (Å²) >= 11 is 18.8. The van der Waals surface area contributed by atoms with Crippen molar-refractivity contribution < 1.29 is 9.53 Å². The second-order valence-corrected chi connectivity index (χ2v) is 7.75. The van der Waals surface area contributed by atoms with Crippen molar-refractivity contribution in [2.24, 2.45) is 5.92 Å². The summed E-state index contributed by atoms with van der Waals surface area (Å²) in [4.78, 5) is 12.7. The molecule has 0 bridgehead atoms.